The Morgan fingerprint density at radius 3 is 2.17 bits per heavy atom. The monoisotopic (exact) mass is 323 g/mol. The molecule has 3 nitrogen and oxygen atoms in total. The molecule has 0 aliphatic carbocycles. The maximum Gasteiger partial charge on any atom is 0.192 e. The van der Waals surface area contributed by atoms with E-state index in [1.54, 1.807) is 0 Å². The molecule has 118 valence electrons. The Morgan fingerprint density at radius 1 is 0.913 bits per heavy atom. The first-order valence-corrected chi connectivity index (χ1v) is 8.45. The topological polar surface area (TPSA) is 9.72 Å². The average Bonchev–Trinajstić information content (AvgIpc) is 3.00. The molecule has 0 bridgehead atoms. The summed E-state index contributed by atoms with van der Waals surface area (Å²) in [5.41, 5.74) is 2.68. The molecular formula is C19H21N3S. The molecule has 0 unspecified atom stereocenters. The molecule has 2 aromatic rings. The lowest BCUT2D eigenvalue weighted by atomic mass is 9.94. The minimum atomic E-state index is 0.132. The summed E-state index contributed by atoms with van der Waals surface area (Å²) in [6, 6.07) is 21.1. The van der Waals surface area contributed by atoms with Crippen molar-refractivity contribution in [1.29, 1.82) is 0 Å². The number of fused-ring (bicyclic) bond motifs is 1. The van der Waals surface area contributed by atoms with Gasteiger partial charge >= 0.3 is 0 Å². The third-order valence-corrected chi connectivity index (χ3v) is 4.97. The van der Waals surface area contributed by atoms with Crippen molar-refractivity contribution in [2.45, 2.75) is 20.0 Å². The summed E-state index contributed by atoms with van der Waals surface area (Å²) >= 11 is 5.85. The predicted molar refractivity (Wildman–Crippen MR) is 97.9 cm³/mol. The van der Waals surface area contributed by atoms with Gasteiger partial charge in [-0.2, -0.15) is 5.01 Å². The van der Waals surface area contributed by atoms with E-state index in [0.29, 0.717) is 0 Å². The normalized spacial score (nSPS) is 23.4. The molecule has 0 radical (unpaired) electrons. The summed E-state index contributed by atoms with van der Waals surface area (Å²) in [4.78, 5) is 2.28. The van der Waals surface area contributed by atoms with Crippen LogP contribution in [-0.4, -0.2) is 28.2 Å². The van der Waals surface area contributed by atoms with Gasteiger partial charge in [-0.1, -0.05) is 62.4 Å². The molecule has 0 amide bonds. The third-order valence-electron chi connectivity index (χ3n) is 4.56. The van der Waals surface area contributed by atoms with E-state index in [1.165, 1.54) is 5.56 Å². The van der Waals surface area contributed by atoms with E-state index >= 15 is 0 Å². The van der Waals surface area contributed by atoms with Gasteiger partial charge in [0.2, 0.25) is 0 Å². The summed E-state index contributed by atoms with van der Waals surface area (Å²) in [7, 11) is 0. The van der Waals surface area contributed by atoms with Crippen LogP contribution >= 0.6 is 12.2 Å². The third kappa shape index (κ3) is 2.42. The first kappa shape index (κ1) is 14.7. The molecule has 2 heterocycles. The van der Waals surface area contributed by atoms with Crippen LogP contribution in [0.15, 0.2) is 60.7 Å². The Hall–Kier alpha value is -1.91. The maximum absolute atomic E-state index is 5.85. The fraction of sp³-hybridized carbons (Fsp3) is 0.316. The van der Waals surface area contributed by atoms with E-state index in [2.05, 4.69) is 83.4 Å². The molecule has 2 aliphatic heterocycles. The van der Waals surface area contributed by atoms with Gasteiger partial charge in [0.05, 0.1) is 0 Å². The summed E-state index contributed by atoms with van der Waals surface area (Å²) in [6.45, 7) is 6.60. The number of benzene rings is 2. The largest absolute Gasteiger partial charge is 0.296 e. The smallest absolute Gasteiger partial charge is 0.192 e. The van der Waals surface area contributed by atoms with Gasteiger partial charge < -0.3 is 0 Å². The number of hydrogen-bond donors (Lipinski definition) is 0. The minimum absolute atomic E-state index is 0.132. The number of rotatable bonds is 2. The highest BCUT2D eigenvalue weighted by Crippen LogP contribution is 2.44. The standard InChI is InChI=1S/C19H21N3S/c1-19(2)13-20-17(15-9-5-3-6-10-15)22(18(23)21(20)14-19)16-11-7-4-8-12-16/h3-12,17H,13-14H2,1-2H3/t17-/m0/s1. The highest BCUT2D eigenvalue weighted by atomic mass is 32.1. The molecule has 2 saturated heterocycles. The van der Waals surface area contributed by atoms with Gasteiger partial charge in [0.1, 0.15) is 6.17 Å². The van der Waals surface area contributed by atoms with Gasteiger partial charge in [0, 0.05) is 18.8 Å². The Balaban J connectivity index is 1.81. The van der Waals surface area contributed by atoms with Crippen LogP contribution in [0.4, 0.5) is 5.69 Å². The number of hydrazine groups is 1. The number of thiocarbonyl (C=S) groups is 1. The second-order valence-electron chi connectivity index (χ2n) is 7.09. The molecule has 0 saturated carbocycles. The second-order valence-corrected chi connectivity index (χ2v) is 7.46. The number of para-hydroxylation sites is 1. The van der Waals surface area contributed by atoms with Crippen LogP contribution in [0, 0.1) is 5.41 Å². The molecule has 2 aromatic carbocycles. The Kier molecular flexibility index (Phi) is 3.39. The zero-order chi connectivity index (χ0) is 16.0. The summed E-state index contributed by atoms with van der Waals surface area (Å²) in [6.07, 6.45) is 0.132. The van der Waals surface area contributed by atoms with Crippen LogP contribution < -0.4 is 4.90 Å². The molecule has 4 heteroatoms. The molecule has 1 atom stereocenters. The second kappa shape index (κ2) is 5.32. The van der Waals surface area contributed by atoms with Crippen molar-refractivity contribution >= 4 is 23.0 Å². The Labute approximate surface area is 143 Å². The van der Waals surface area contributed by atoms with E-state index in [4.69, 9.17) is 12.2 Å². The molecule has 0 aromatic heterocycles. The lowest BCUT2D eigenvalue weighted by molar-refractivity contribution is 0.0906. The van der Waals surface area contributed by atoms with E-state index < -0.39 is 0 Å². The average molecular weight is 323 g/mol. The summed E-state index contributed by atoms with van der Waals surface area (Å²) in [5.74, 6) is 0. The minimum Gasteiger partial charge on any atom is -0.296 e. The van der Waals surface area contributed by atoms with E-state index in [0.717, 1.165) is 23.9 Å². The lowest BCUT2D eigenvalue weighted by Gasteiger charge is -2.30. The Morgan fingerprint density at radius 2 is 1.52 bits per heavy atom. The number of anilines is 1. The van der Waals surface area contributed by atoms with Crippen LogP contribution in [-0.2, 0) is 0 Å². The highest BCUT2D eigenvalue weighted by molar-refractivity contribution is 7.80. The molecule has 0 spiro atoms. The van der Waals surface area contributed by atoms with E-state index in [1.807, 2.05) is 6.07 Å². The zero-order valence-corrected chi connectivity index (χ0v) is 14.3. The lowest BCUT2D eigenvalue weighted by Crippen LogP contribution is -2.35. The van der Waals surface area contributed by atoms with Gasteiger partial charge in [0.25, 0.3) is 0 Å². The van der Waals surface area contributed by atoms with Crippen molar-refractivity contribution < 1.29 is 0 Å². The van der Waals surface area contributed by atoms with E-state index in [-0.39, 0.29) is 11.6 Å². The molecule has 4 rings (SSSR count). The maximum atomic E-state index is 5.85. The molecule has 23 heavy (non-hydrogen) atoms. The van der Waals surface area contributed by atoms with Crippen LogP contribution in [0.5, 0.6) is 0 Å². The zero-order valence-electron chi connectivity index (χ0n) is 13.5. The molecule has 0 N–H and O–H groups in total. The van der Waals surface area contributed by atoms with Crippen LogP contribution in [0.3, 0.4) is 0 Å². The number of nitrogens with zero attached hydrogens (tertiary/aromatic N) is 3. The van der Waals surface area contributed by atoms with Gasteiger partial charge in [-0.25, -0.2) is 0 Å². The van der Waals surface area contributed by atoms with Gasteiger partial charge in [-0.15, -0.1) is 0 Å². The summed E-state index contributed by atoms with van der Waals surface area (Å²) in [5, 5.41) is 5.60. The van der Waals surface area contributed by atoms with Crippen molar-refractivity contribution in [2.75, 3.05) is 18.0 Å². The highest BCUT2D eigenvalue weighted by Gasteiger charge is 2.50. The van der Waals surface area contributed by atoms with Crippen LogP contribution in [0.2, 0.25) is 0 Å². The molecule has 2 aliphatic rings. The van der Waals surface area contributed by atoms with Gasteiger partial charge in [-0.3, -0.25) is 9.91 Å². The first-order chi connectivity index (χ1) is 11.1. The van der Waals surface area contributed by atoms with Crippen LogP contribution in [0.25, 0.3) is 0 Å². The molecule has 2 fully saturated rings. The summed E-state index contributed by atoms with van der Waals surface area (Å²) < 4.78 is 0. The van der Waals surface area contributed by atoms with Crippen molar-refractivity contribution in [3.05, 3.63) is 66.2 Å². The fourth-order valence-corrected chi connectivity index (χ4v) is 3.99. The predicted octanol–water partition coefficient (Wildman–Crippen LogP) is 4.05. The first-order valence-electron chi connectivity index (χ1n) is 8.04. The van der Waals surface area contributed by atoms with Gasteiger partial charge in [-0.05, 0) is 35.3 Å². The molecular weight excluding hydrogens is 302 g/mol. The fourth-order valence-electron chi connectivity index (χ4n) is 3.61. The van der Waals surface area contributed by atoms with Crippen molar-refractivity contribution in [3.63, 3.8) is 0 Å². The van der Waals surface area contributed by atoms with Crippen molar-refractivity contribution in [3.8, 4) is 0 Å². The Bertz CT molecular complexity index is 714. The van der Waals surface area contributed by atoms with Crippen molar-refractivity contribution in [1.82, 2.24) is 10.0 Å². The van der Waals surface area contributed by atoms with Crippen molar-refractivity contribution in [2.24, 2.45) is 5.41 Å². The van der Waals surface area contributed by atoms with E-state index in [9.17, 15) is 0 Å². The number of hydrogen-bond acceptors (Lipinski definition) is 2. The van der Waals surface area contributed by atoms with Crippen LogP contribution in [0.1, 0.15) is 25.6 Å². The SMILES string of the molecule is CC1(C)CN2C(=S)N(c3ccccc3)[C@@H](c3ccccc3)N2C1. The quantitative estimate of drug-likeness (QED) is 0.771. The van der Waals surface area contributed by atoms with Gasteiger partial charge in [0.15, 0.2) is 5.11 Å².